The van der Waals surface area contributed by atoms with Crippen molar-refractivity contribution in [3.05, 3.63) is 22.4 Å². The van der Waals surface area contributed by atoms with Gasteiger partial charge in [0, 0.05) is 11.9 Å². The molecule has 3 heterocycles. The van der Waals surface area contributed by atoms with Gasteiger partial charge in [0.15, 0.2) is 5.78 Å². The van der Waals surface area contributed by atoms with Gasteiger partial charge < -0.3 is 15.0 Å². The standard InChI is InChI=1S/C17H22N2O4S.2H2S/c1-10(2)7-12(18-16(21)11-4-6-24-9-11)17(22)19-5-3-14-15(19)13(20)8-23-14;;/h4,6,9-10,12,14-15H,3,5,7-8H2,1-2H3,(H,18,21);2*1H2/t12-,14+,15+;;/m0../s1. The molecule has 1 aromatic heterocycles. The average Bonchev–Trinajstić information content (AvgIpc) is 3.24. The number of hydrogen-bond donors (Lipinski definition) is 1. The Kier molecular flexibility index (Phi) is 8.65. The first kappa shape index (κ1) is 23.0. The molecule has 0 aliphatic carbocycles. The molecule has 0 bridgehead atoms. The van der Waals surface area contributed by atoms with Crippen molar-refractivity contribution in [2.24, 2.45) is 5.92 Å². The Morgan fingerprint density at radius 1 is 1.38 bits per heavy atom. The van der Waals surface area contributed by atoms with E-state index in [1.807, 2.05) is 19.2 Å². The van der Waals surface area contributed by atoms with Crippen LogP contribution in [0.25, 0.3) is 0 Å². The van der Waals surface area contributed by atoms with Crippen molar-refractivity contribution in [3.8, 4) is 0 Å². The molecule has 0 unspecified atom stereocenters. The molecule has 0 spiro atoms. The Balaban J connectivity index is 0.00000169. The third kappa shape index (κ3) is 4.82. The summed E-state index contributed by atoms with van der Waals surface area (Å²) < 4.78 is 5.44. The normalized spacial score (nSPS) is 22.4. The van der Waals surface area contributed by atoms with Crippen molar-refractivity contribution in [2.75, 3.05) is 13.2 Å². The van der Waals surface area contributed by atoms with Crippen molar-refractivity contribution in [2.45, 2.75) is 44.9 Å². The van der Waals surface area contributed by atoms with E-state index < -0.39 is 12.1 Å². The lowest BCUT2D eigenvalue weighted by molar-refractivity contribution is -0.138. The molecule has 2 aliphatic heterocycles. The average molecular weight is 419 g/mol. The molecule has 0 aromatic carbocycles. The number of ketones is 1. The molecule has 1 N–H and O–H groups in total. The van der Waals surface area contributed by atoms with Crippen LogP contribution in [0.3, 0.4) is 0 Å². The molecule has 6 nitrogen and oxygen atoms in total. The van der Waals surface area contributed by atoms with E-state index in [4.69, 9.17) is 4.74 Å². The Morgan fingerprint density at radius 2 is 2.12 bits per heavy atom. The number of carbonyl (C=O) groups is 3. The van der Waals surface area contributed by atoms with E-state index >= 15 is 0 Å². The zero-order valence-corrected chi connectivity index (χ0v) is 17.7. The van der Waals surface area contributed by atoms with E-state index in [1.54, 1.807) is 16.3 Å². The SMILES string of the molecule is CC(C)C[C@H](NC(=O)c1ccsc1)C(=O)N1CC[C@H]2OCC(=O)[C@H]21.S.S. The fourth-order valence-electron chi connectivity index (χ4n) is 3.37. The summed E-state index contributed by atoms with van der Waals surface area (Å²) in [6.45, 7) is 4.60. The molecule has 3 atom stereocenters. The molecule has 26 heavy (non-hydrogen) atoms. The fourth-order valence-corrected chi connectivity index (χ4v) is 4.01. The molecule has 2 amide bonds. The van der Waals surface area contributed by atoms with Crippen molar-refractivity contribution < 1.29 is 19.1 Å². The number of carbonyl (C=O) groups excluding carboxylic acids is 3. The molecule has 9 heteroatoms. The van der Waals surface area contributed by atoms with Gasteiger partial charge in [-0.2, -0.15) is 38.3 Å². The van der Waals surface area contributed by atoms with Crippen LogP contribution < -0.4 is 5.32 Å². The van der Waals surface area contributed by atoms with Crippen molar-refractivity contribution in [1.29, 1.82) is 0 Å². The Labute approximate surface area is 171 Å². The summed E-state index contributed by atoms with van der Waals surface area (Å²) in [5.74, 6) is -0.229. The molecule has 2 fully saturated rings. The van der Waals surface area contributed by atoms with Gasteiger partial charge >= 0.3 is 0 Å². The largest absolute Gasteiger partial charge is 0.368 e. The van der Waals surface area contributed by atoms with Gasteiger partial charge in [0.1, 0.15) is 18.7 Å². The van der Waals surface area contributed by atoms with Gasteiger partial charge in [0.25, 0.3) is 5.91 Å². The zero-order chi connectivity index (χ0) is 17.3. The second-order valence-electron chi connectivity index (χ2n) is 6.75. The maximum Gasteiger partial charge on any atom is 0.252 e. The van der Waals surface area contributed by atoms with Gasteiger partial charge in [-0.3, -0.25) is 14.4 Å². The highest BCUT2D eigenvalue weighted by atomic mass is 32.1. The lowest BCUT2D eigenvalue weighted by Gasteiger charge is -2.28. The number of thiophene rings is 1. The van der Waals surface area contributed by atoms with Crippen LogP contribution in [0, 0.1) is 5.92 Å². The van der Waals surface area contributed by atoms with E-state index in [0.717, 1.165) is 0 Å². The van der Waals surface area contributed by atoms with Gasteiger partial charge in [0.2, 0.25) is 5.91 Å². The number of likely N-dealkylation sites (tertiary alicyclic amines) is 1. The molecule has 146 valence electrons. The molecule has 1 aromatic rings. The maximum atomic E-state index is 13.0. The summed E-state index contributed by atoms with van der Waals surface area (Å²) in [5, 5.41) is 6.43. The number of rotatable bonds is 5. The summed E-state index contributed by atoms with van der Waals surface area (Å²) in [6.07, 6.45) is 1.03. The van der Waals surface area contributed by atoms with Gasteiger partial charge in [0.05, 0.1) is 11.7 Å². The molecule has 3 rings (SSSR count). The third-order valence-electron chi connectivity index (χ3n) is 4.49. The predicted octanol–water partition coefficient (Wildman–Crippen LogP) is 1.69. The number of Topliss-reactive ketones (excluding diaryl/α,β-unsaturated/α-hetero) is 1. The molecule has 0 radical (unpaired) electrons. The first-order valence-corrected chi connectivity index (χ1v) is 9.19. The summed E-state index contributed by atoms with van der Waals surface area (Å²) in [7, 11) is 0. The van der Waals surface area contributed by atoms with Gasteiger partial charge in [-0.25, -0.2) is 0 Å². The predicted molar refractivity (Wildman–Crippen MR) is 111 cm³/mol. The van der Waals surface area contributed by atoms with Crippen LogP contribution in [0.4, 0.5) is 0 Å². The van der Waals surface area contributed by atoms with Gasteiger partial charge in [-0.15, -0.1) is 0 Å². The van der Waals surface area contributed by atoms with Crippen molar-refractivity contribution >= 4 is 55.9 Å². The summed E-state index contributed by atoms with van der Waals surface area (Å²) >= 11 is 1.44. The number of nitrogens with one attached hydrogen (secondary N) is 1. The van der Waals surface area contributed by atoms with E-state index in [-0.39, 0.29) is 63.2 Å². The summed E-state index contributed by atoms with van der Waals surface area (Å²) in [6, 6.07) is 0.631. The second-order valence-corrected chi connectivity index (χ2v) is 7.53. The maximum absolute atomic E-state index is 13.0. The quantitative estimate of drug-likeness (QED) is 0.790. The minimum atomic E-state index is -0.621. The van der Waals surface area contributed by atoms with Crippen LogP contribution in [-0.2, 0) is 14.3 Å². The zero-order valence-electron chi connectivity index (χ0n) is 14.9. The monoisotopic (exact) mass is 418 g/mol. The smallest absolute Gasteiger partial charge is 0.252 e. The van der Waals surface area contributed by atoms with Crippen LogP contribution in [0.2, 0.25) is 0 Å². The molecule has 2 saturated heterocycles. The summed E-state index contributed by atoms with van der Waals surface area (Å²) in [4.78, 5) is 38.9. The first-order valence-electron chi connectivity index (χ1n) is 8.25. The van der Waals surface area contributed by atoms with Crippen LogP contribution in [0.5, 0.6) is 0 Å². The van der Waals surface area contributed by atoms with E-state index in [2.05, 4.69) is 5.32 Å². The van der Waals surface area contributed by atoms with E-state index in [9.17, 15) is 14.4 Å². The fraction of sp³-hybridized carbons (Fsp3) is 0.588. The first-order chi connectivity index (χ1) is 11.5. The highest BCUT2D eigenvalue weighted by Crippen LogP contribution is 2.28. The Bertz CT molecular complexity index is 636. The number of nitrogens with zero attached hydrogens (tertiary/aromatic N) is 1. The van der Waals surface area contributed by atoms with E-state index in [1.165, 1.54) is 11.3 Å². The highest BCUT2D eigenvalue weighted by molar-refractivity contribution is 7.59. The Morgan fingerprint density at radius 3 is 2.73 bits per heavy atom. The van der Waals surface area contributed by atoms with Crippen molar-refractivity contribution in [3.63, 3.8) is 0 Å². The minimum Gasteiger partial charge on any atom is -0.368 e. The molecule has 2 aliphatic rings. The van der Waals surface area contributed by atoms with Crippen molar-refractivity contribution in [1.82, 2.24) is 10.2 Å². The third-order valence-corrected chi connectivity index (χ3v) is 5.17. The van der Waals surface area contributed by atoms with E-state index in [0.29, 0.717) is 24.9 Å². The van der Waals surface area contributed by atoms with Crippen LogP contribution in [0.15, 0.2) is 16.8 Å². The molecular formula is C17H26N2O4S3. The van der Waals surface area contributed by atoms with Crippen LogP contribution >= 0.6 is 38.3 Å². The number of fused-ring (bicyclic) bond motifs is 1. The van der Waals surface area contributed by atoms with Crippen LogP contribution in [-0.4, -0.2) is 53.8 Å². The minimum absolute atomic E-state index is 0. The lowest BCUT2D eigenvalue weighted by atomic mass is 10.0. The molecule has 0 saturated carbocycles. The van der Waals surface area contributed by atoms with Gasteiger partial charge in [-0.1, -0.05) is 13.8 Å². The number of amides is 2. The number of ether oxygens (including phenoxy) is 1. The Hall–Kier alpha value is -1.03. The number of hydrogen-bond acceptors (Lipinski definition) is 5. The topological polar surface area (TPSA) is 75.7 Å². The highest BCUT2D eigenvalue weighted by Gasteiger charge is 2.48. The van der Waals surface area contributed by atoms with Gasteiger partial charge in [-0.05, 0) is 30.2 Å². The second kappa shape index (κ2) is 9.77. The summed E-state index contributed by atoms with van der Waals surface area (Å²) in [5.41, 5.74) is 0.557. The molecular weight excluding hydrogens is 392 g/mol. The lowest BCUT2D eigenvalue weighted by Crippen LogP contribution is -2.52. The van der Waals surface area contributed by atoms with Crippen LogP contribution in [0.1, 0.15) is 37.0 Å².